The highest BCUT2D eigenvalue weighted by Crippen LogP contribution is 2.32. The van der Waals surface area contributed by atoms with E-state index in [1.54, 1.807) is 18.2 Å². The van der Waals surface area contributed by atoms with Crippen molar-refractivity contribution < 1.29 is 8.42 Å². The zero-order valence-electron chi connectivity index (χ0n) is 9.64. The van der Waals surface area contributed by atoms with Gasteiger partial charge in [0, 0.05) is 23.6 Å². The number of piperidine rings is 1. The van der Waals surface area contributed by atoms with Crippen molar-refractivity contribution in [1.82, 2.24) is 4.31 Å². The second kappa shape index (κ2) is 5.46. The molecule has 0 unspecified atom stereocenters. The molecule has 1 fully saturated rings. The van der Waals surface area contributed by atoms with Gasteiger partial charge in [0.1, 0.15) is 4.90 Å². The van der Waals surface area contributed by atoms with E-state index >= 15 is 0 Å². The Labute approximate surface area is 120 Å². The minimum absolute atomic E-state index is 0.0890. The maximum Gasteiger partial charge on any atom is 0.245 e. The van der Waals surface area contributed by atoms with Crippen LogP contribution in [0.3, 0.4) is 0 Å². The van der Waals surface area contributed by atoms with Gasteiger partial charge in [-0.15, -0.1) is 0 Å². The summed E-state index contributed by atoms with van der Waals surface area (Å²) in [6.45, 7) is 0.891. The van der Waals surface area contributed by atoms with Crippen LogP contribution in [0, 0.1) is 0 Å². The molecule has 0 spiro atoms. The summed E-state index contributed by atoms with van der Waals surface area (Å²) in [7, 11) is -3.55. The minimum Gasteiger partial charge on any atom is -0.328 e. The van der Waals surface area contributed by atoms with Crippen LogP contribution in [-0.4, -0.2) is 31.9 Å². The molecule has 0 saturated carbocycles. The molecule has 1 saturated heterocycles. The summed E-state index contributed by atoms with van der Waals surface area (Å²) in [5.74, 6) is 0. The number of nitrogens with two attached hydrogens (primary N) is 1. The van der Waals surface area contributed by atoms with Gasteiger partial charge in [0.15, 0.2) is 0 Å². The second-order valence-corrected chi connectivity index (χ2v) is 7.43. The SMILES string of the molecule is NC1CCN(S(=O)(=O)c2c(Cl)cccc2Br)CC1. The van der Waals surface area contributed by atoms with Crippen LogP contribution in [0.1, 0.15) is 12.8 Å². The maximum absolute atomic E-state index is 12.5. The fourth-order valence-electron chi connectivity index (χ4n) is 1.97. The van der Waals surface area contributed by atoms with Gasteiger partial charge < -0.3 is 5.73 Å². The number of hydrogen-bond acceptors (Lipinski definition) is 3. The van der Waals surface area contributed by atoms with Crippen molar-refractivity contribution in [2.45, 2.75) is 23.8 Å². The average molecular weight is 354 g/mol. The summed E-state index contributed by atoms with van der Waals surface area (Å²) in [4.78, 5) is 0.141. The van der Waals surface area contributed by atoms with Gasteiger partial charge in [-0.3, -0.25) is 0 Å². The van der Waals surface area contributed by atoms with E-state index in [4.69, 9.17) is 17.3 Å². The van der Waals surface area contributed by atoms with E-state index < -0.39 is 10.0 Å². The number of halogens is 2. The first-order valence-corrected chi connectivity index (χ1v) is 8.24. The monoisotopic (exact) mass is 352 g/mol. The predicted octanol–water partition coefficient (Wildman–Crippen LogP) is 2.21. The van der Waals surface area contributed by atoms with Crippen molar-refractivity contribution in [3.8, 4) is 0 Å². The van der Waals surface area contributed by atoms with Crippen LogP contribution in [0.25, 0.3) is 0 Å². The Balaban J connectivity index is 2.37. The fraction of sp³-hybridized carbons (Fsp3) is 0.455. The van der Waals surface area contributed by atoms with Crippen LogP contribution >= 0.6 is 27.5 Å². The lowest BCUT2D eigenvalue weighted by Gasteiger charge is -2.29. The summed E-state index contributed by atoms with van der Waals surface area (Å²) in [6.07, 6.45) is 1.36. The predicted molar refractivity (Wildman–Crippen MR) is 75.1 cm³/mol. The van der Waals surface area contributed by atoms with Gasteiger partial charge in [-0.2, -0.15) is 4.31 Å². The zero-order chi connectivity index (χ0) is 13.3. The summed E-state index contributed by atoms with van der Waals surface area (Å²) >= 11 is 9.25. The average Bonchev–Trinajstić information content (AvgIpc) is 2.29. The van der Waals surface area contributed by atoms with E-state index in [9.17, 15) is 8.42 Å². The van der Waals surface area contributed by atoms with Crippen molar-refractivity contribution in [3.63, 3.8) is 0 Å². The molecular formula is C11H14BrClN2O2S. The first-order chi connectivity index (χ1) is 8.43. The molecule has 18 heavy (non-hydrogen) atoms. The zero-order valence-corrected chi connectivity index (χ0v) is 12.8. The van der Waals surface area contributed by atoms with E-state index in [2.05, 4.69) is 15.9 Å². The Kier molecular flexibility index (Phi) is 4.33. The summed E-state index contributed by atoms with van der Waals surface area (Å²) < 4.78 is 26.9. The lowest BCUT2D eigenvalue weighted by atomic mass is 10.1. The molecule has 2 rings (SSSR count). The van der Waals surface area contributed by atoms with Crippen molar-refractivity contribution in [1.29, 1.82) is 0 Å². The normalized spacial score (nSPS) is 19.1. The van der Waals surface area contributed by atoms with Gasteiger partial charge in [0.05, 0.1) is 5.02 Å². The molecular weight excluding hydrogens is 340 g/mol. The number of rotatable bonds is 2. The summed E-state index contributed by atoms with van der Waals surface area (Å²) in [5.41, 5.74) is 5.78. The molecule has 1 aliphatic heterocycles. The van der Waals surface area contributed by atoms with E-state index in [0.29, 0.717) is 30.4 Å². The highest BCUT2D eigenvalue weighted by molar-refractivity contribution is 9.10. The first kappa shape index (κ1) is 14.3. The van der Waals surface area contributed by atoms with Crippen LogP contribution in [0.15, 0.2) is 27.6 Å². The smallest absolute Gasteiger partial charge is 0.245 e. The third-order valence-corrected chi connectivity index (χ3v) is 6.37. The molecule has 2 N–H and O–H groups in total. The quantitative estimate of drug-likeness (QED) is 0.886. The second-order valence-electron chi connectivity index (χ2n) is 4.29. The molecule has 0 amide bonds. The van der Waals surface area contributed by atoms with Crippen LogP contribution in [0.2, 0.25) is 5.02 Å². The topological polar surface area (TPSA) is 63.4 Å². The van der Waals surface area contributed by atoms with Crippen molar-refractivity contribution in [2.24, 2.45) is 5.73 Å². The van der Waals surface area contributed by atoms with Gasteiger partial charge in [-0.05, 0) is 40.9 Å². The Morgan fingerprint density at radius 1 is 1.33 bits per heavy atom. The number of benzene rings is 1. The number of sulfonamides is 1. The van der Waals surface area contributed by atoms with Crippen LogP contribution in [0.5, 0.6) is 0 Å². The lowest BCUT2D eigenvalue weighted by Crippen LogP contribution is -2.42. The largest absolute Gasteiger partial charge is 0.328 e. The van der Waals surface area contributed by atoms with Gasteiger partial charge in [0.25, 0.3) is 0 Å². The van der Waals surface area contributed by atoms with Gasteiger partial charge >= 0.3 is 0 Å². The molecule has 1 aromatic carbocycles. The molecule has 7 heteroatoms. The highest BCUT2D eigenvalue weighted by atomic mass is 79.9. The highest BCUT2D eigenvalue weighted by Gasteiger charge is 2.31. The van der Waals surface area contributed by atoms with E-state index in [1.807, 2.05) is 0 Å². The maximum atomic E-state index is 12.5. The van der Waals surface area contributed by atoms with Crippen LogP contribution < -0.4 is 5.73 Å². The minimum atomic E-state index is -3.55. The first-order valence-electron chi connectivity index (χ1n) is 5.62. The summed E-state index contributed by atoms with van der Waals surface area (Å²) in [5, 5.41) is 0.235. The fourth-order valence-corrected chi connectivity index (χ4v) is 5.11. The number of hydrogen-bond donors (Lipinski definition) is 1. The van der Waals surface area contributed by atoms with Crippen molar-refractivity contribution in [3.05, 3.63) is 27.7 Å². The van der Waals surface area contributed by atoms with Gasteiger partial charge in [0.2, 0.25) is 10.0 Å². The molecule has 4 nitrogen and oxygen atoms in total. The molecule has 0 atom stereocenters. The standard InChI is InChI=1S/C11H14BrClN2O2S/c12-9-2-1-3-10(13)11(9)18(16,17)15-6-4-8(14)5-7-15/h1-3,8H,4-7,14H2. The van der Waals surface area contributed by atoms with Crippen molar-refractivity contribution >= 4 is 37.6 Å². The van der Waals surface area contributed by atoms with Crippen molar-refractivity contribution in [2.75, 3.05) is 13.1 Å². The third kappa shape index (κ3) is 2.72. The molecule has 1 aromatic rings. The third-order valence-electron chi connectivity index (χ3n) is 3.02. The lowest BCUT2D eigenvalue weighted by molar-refractivity contribution is 0.320. The summed E-state index contributed by atoms with van der Waals surface area (Å²) in [6, 6.07) is 5.05. The van der Waals surface area contributed by atoms with E-state index in [0.717, 1.165) is 0 Å². The van der Waals surface area contributed by atoms with Gasteiger partial charge in [-0.1, -0.05) is 17.7 Å². The molecule has 0 aliphatic carbocycles. The number of nitrogens with zero attached hydrogens (tertiary/aromatic N) is 1. The molecule has 1 aliphatic rings. The molecule has 100 valence electrons. The Morgan fingerprint density at radius 2 is 1.94 bits per heavy atom. The molecule has 0 radical (unpaired) electrons. The molecule has 0 aromatic heterocycles. The molecule has 1 heterocycles. The Bertz CT molecular complexity index is 522. The van der Waals surface area contributed by atoms with E-state index in [-0.39, 0.29) is 16.0 Å². The van der Waals surface area contributed by atoms with E-state index in [1.165, 1.54) is 4.31 Å². The van der Waals surface area contributed by atoms with Crippen LogP contribution in [0.4, 0.5) is 0 Å². The van der Waals surface area contributed by atoms with Crippen LogP contribution in [-0.2, 0) is 10.0 Å². The Hall–Kier alpha value is -0.140. The van der Waals surface area contributed by atoms with Gasteiger partial charge in [-0.25, -0.2) is 8.42 Å². The Morgan fingerprint density at radius 3 is 2.50 bits per heavy atom. The molecule has 0 bridgehead atoms.